The molecule has 0 radical (unpaired) electrons. The summed E-state index contributed by atoms with van der Waals surface area (Å²) in [6.07, 6.45) is 1.77. The Morgan fingerprint density at radius 1 is 1.33 bits per heavy atom. The van der Waals surface area contributed by atoms with E-state index in [2.05, 4.69) is 20.9 Å². The van der Waals surface area contributed by atoms with Gasteiger partial charge in [0, 0.05) is 13.1 Å². The van der Waals surface area contributed by atoms with Gasteiger partial charge in [0.05, 0.1) is 16.0 Å². The van der Waals surface area contributed by atoms with E-state index in [1.54, 1.807) is 23.1 Å². The Morgan fingerprint density at radius 2 is 2.07 bits per heavy atom. The fourth-order valence-electron chi connectivity index (χ4n) is 2.40. The number of rotatable bonds is 8. The van der Waals surface area contributed by atoms with Crippen molar-refractivity contribution in [2.24, 2.45) is 4.99 Å². The van der Waals surface area contributed by atoms with E-state index in [1.807, 2.05) is 20.8 Å². The predicted molar refractivity (Wildman–Crippen MR) is 109 cm³/mol. The number of carboxylic acids is 1. The summed E-state index contributed by atoms with van der Waals surface area (Å²) in [6.45, 7) is 6.73. The molecule has 0 unspecified atom stereocenters. The molecule has 1 saturated heterocycles. The van der Waals surface area contributed by atoms with Crippen molar-refractivity contribution in [3.05, 3.63) is 27.1 Å². The van der Waals surface area contributed by atoms with Gasteiger partial charge < -0.3 is 14.6 Å². The highest BCUT2D eigenvalue weighted by molar-refractivity contribution is 9.10. The van der Waals surface area contributed by atoms with Gasteiger partial charge in [0.15, 0.2) is 23.3 Å². The molecular weight excluding hydrogens is 436 g/mol. The summed E-state index contributed by atoms with van der Waals surface area (Å²) >= 11 is 4.73. The number of benzene rings is 1. The van der Waals surface area contributed by atoms with Crippen LogP contribution in [0.1, 0.15) is 26.3 Å². The van der Waals surface area contributed by atoms with Crippen molar-refractivity contribution < 1.29 is 24.2 Å². The molecule has 1 heterocycles. The predicted octanol–water partition coefficient (Wildman–Crippen LogP) is 3.62. The van der Waals surface area contributed by atoms with Crippen molar-refractivity contribution in [2.45, 2.75) is 20.8 Å². The minimum atomic E-state index is -1.08. The molecule has 1 aromatic rings. The Hall–Kier alpha value is -2.00. The Labute approximate surface area is 170 Å². The maximum Gasteiger partial charge on any atom is 0.341 e. The van der Waals surface area contributed by atoms with Crippen molar-refractivity contribution in [1.82, 2.24) is 4.90 Å². The average molecular weight is 457 g/mol. The first-order valence-electron chi connectivity index (χ1n) is 8.47. The first-order chi connectivity index (χ1) is 12.9. The Balaban J connectivity index is 2.38. The van der Waals surface area contributed by atoms with Crippen molar-refractivity contribution in [1.29, 1.82) is 0 Å². The Morgan fingerprint density at radius 3 is 2.67 bits per heavy atom. The lowest BCUT2D eigenvalue weighted by atomic mass is 10.2. The van der Waals surface area contributed by atoms with Crippen molar-refractivity contribution in [3.63, 3.8) is 0 Å². The SMILES string of the molecule is CCN=C1S/C(=C\c2cc(Br)c(OCC(=O)O)c(OCC)c2)C(=O)N1CC. The Kier molecular flexibility index (Phi) is 7.73. The molecule has 27 heavy (non-hydrogen) atoms. The zero-order chi connectivity index (χ0) is 20.0. The van der Waals surface area contributed by atoms with Crippen LogP contribution < -0.4 is 9.47 Å². The van der Waals surface area contributed by atoms with Gasteiger partial charge in [-0.3, -0.25) is 14.7 Å². The molecule has 0 saturated carbocycles. The van der Waals surface area contributed by atoms with Crippen molar-refractivity contribution in [2.75, 3.05) is 26.3 Å². The summed E-state index contributed by atoms with van der Waals surface area (Å²) in [5.74, 6) is -0.443. The second-order valence-electron chi connectivity index (χ2n) is 5.36. The normalized spacial score (nSPS) is 17.0. The summed E-state index contributed by atoms with van der Waals surface area (Å²) < 4.78 is 11.4. The molecule has 0 aromatic heterocycles. The largest absolute Gasteiger partial charge is 0.490 e. The van der Waals surface area contributed by atoms with Gasteiger partial charge in [0.1, 0.15) is 0 Å². The monoisotopic (exact) mass is 456 g/mol. The summed E-state index contributed by atoms with van der Waals surface area (Å²) in [7, 11) is 0. The summed E-state index contributed by atoms with van der Waals surface area (Å²) in [6, 6.07) is 3.48. The number of likely N-dealkylation sites (N-methyl/N-ethyl adjacent to an activating group) is 1. The summed E-state index contributed by atoms with van der Waals surface area (Å²) in [4.78, 5) is 30.0. The molecule has 1 aromatic carbocycles. The lowest BCUT2D eigenvalue weighted by molar-refractivity contribution is -0.139. The number of ether oxygens (including phenoxy) is 2. The number of carboxylic acid groups (broad SMARTS) is 1. The Bertz CT molecular complexity index is 794. The topological polar surface area (TPSA) is 88.4 Å². The van der Waals surface area contributed by atoms with E-state index in [0.717, 1.165) is 5.56 Å². The molecule has 0 atom stereocenters. The van der Waals surface area contributed by atoms with Crippen LogP contribution in [-0.4, -0.2) is 53.4 Å². The molecule has 0 aliphatic carbocycles. The number of amides is 1. The molecule has 0 bridgehead atoms. The summed E-state index contributed by atoms with van der Waals surface area (Å²) in [5.41, 5.74) is 0.734. The lowest BCUT2D eigenvalue weighted by Gasteiger charge is -2.13. The van der Waals surface area contributed by atoms with Crippen LogP contribution in [0, 0.1) is 0 Å². The van der Waals surface area contributed by atoms with Gasteiger partial charge in [0.2, 0.25) is 0 Å². The quantitative estimate of drug-likeness (QED) is 0.600. The fraction of sp³-hybridized carbons (Fsp3) is 0.389. The van der Waals surface area contributed by atoms with Crippen LogP contribution in [0.5, 0.6) is 11.5 Å². The zero-order valence-electron chi connectivity index (χ0n) is 15.3. The van der Waals surface area contributed by atoms with Crippen LogP contribution in [0.2, 0.25) is 0 Å². The van der Waals surface area contributed by atoms with Gasteiger partial charge in [-0.25, -0.2) is 4.79 Å². The van der Waals surface area contributed by atoms with Crippen LogP contribution >= 0.6 is 27.7 Å². The third kappa shape index (κ3) is 5.26. The first kappa shape index (κ1) is 21.3. The van der Waals surface area contributed by atoms with Crippen molar-refractivity contribution in [3.8, 4) is 11.5 Å². The van der Waals surface area contributed by atoms with Crippen LogP contribution in [0.25, 0.3) is 6.08 Å². The number of aliphatic carboxylic acids is 1. The number of aliphatic imine (C=N–C) groups is 1. The molecule has 9 heteroatoms. The molecule has 7 nitrogen and oxygen atoms in total. The second kappa shape index (κ2) is 9.80. The molecular formula is C18H21BrN2O5S. The van der Waals surface area contributed by atoms with E-state index in [-0.39, 0.29) is 5.91 Å². The number of hydrogen-bond acceptors (Lipinski definition) is 6. The lowest BCUT2D eigenvalue weighted by Crippen LogP contribution is -2.28. The number of nitrogens with zero attached hydrogens (tertiary/aromatic N) is 2. The molecule has 1 N–H and O–H groups in total. The molecule has 1 amide bonds. The number of carbonyl (C=O) groups is 2. The van der Waals surface area contributed by atoms with Crippen LogP contribution in [0.4, 0.5) is 0 Å². The number of amidine groups is 1. The standard InChI is InChI=1S/C18H21BrN2O5S/c1-4-20-18-21(5-2)17(24)14(27-18)9-11-7-12(19)16(26-10-15(22)23)13(8-11)25-6-3/h7-9H,4-6,10H2,1-3H3,(H,22,23)/b14-9-,20-18?. The van der Waals surface area contributed by atoms with Crippen molar-refractivity contribution >= 4 is 50.8 Å². The average Bonchev–Trinajstić information content (AvgIpc) is 2.89. The van der Waals surface area contributed by atoms with Gasteiger partial charge in [-0.2, -0.15) is 0 Å². The van der Waals surface area contributed by atoms with E-state index in [0.29, 0.717) is 45.7 Å². The minimum Gasteiger partial charge on any atom is -0.490 e. The zero-order valence-corrected chi connectivity index (χ0v) is 17.7. The van der Waals surface area contributed by atoms with Crippen LogP contribution in [0.3, 0.4) is 0 Å². The number of halogens is 1. The van der Waals surface area contributed by atoms with Gasteiger partial charge in [-0.1, -0.05) is 0 Å². The maximum atomic E-state index is 12.6. The number of hydrogen-bond donors (Lipinski definition) is 1. The van der Waals surface area contributed by atoms with Gasteiger partial charge in [-0.05, 0) is 72.2 Å². The van der Waals surface area contributed by atoms with E-state index < -0.39 is 12.6 Å². The van der Waals surface area contributed by atoms with Gasteiger partial charge >= 0.3 is 5.97 Å². The van der Waals surface area contributed by atoms with E-state index in [1.165, 1.54) is 11.8 Å². The minimum absolute atomic E-state index is 0.0880. The smallest absolute Gasteiger partial charge is 0.341 e. The molecule has 146 valence electrons. The van der Waals surface area contributed by atoms with Gasteiger partial charge in [0.25, 0.3) is 5.91 Å². The highest BCUT2D eigenvalue weighted by Crippen LogP contribution is 2.39. The maximum absolute atomic E-state index is 12.6. The number of thioether (sulfide) groups is 1. The third-order valence-electron chi connectivity index (χ3n) is 3.47. The highest BCUT2D eigenvalue weighted by Gasteiger charge is 2.31. The molecule has 1 aliphatic rings. The first-order valence-corrected chi connectivity index (χ1v) is 10.1. The van der Waals surface area contributed by atoms with E-state index in [9.17, 15) is 9.59 Å². The van der Waals surface area contributed by atoms with E-state index in [4.69, 9.17) is 14.6 Å². The van der Waals surface area contributed by atoms with Gasteiger partial charge in [-0.15, -0.1) is 0 Å². The van der Waals surface area contributed by atoms with E-state index >= 15 is 0 Å². The fourth-order valence-corrected chi connectivity index (χ4v) is 4.08. The second-order valence-corrected chi connectivity index (χ2v) is 7.23. The van der Waals surface area contributed by atoms with Crippen LogP contribution in [-0.2, 0) is 9.59 Å². The molecule has 1 fully saturated rings. The third-order valence-corrected chi connectivity index (χ3v) is 5.10. The summed E-state index contributed by atoms with van der Waals surface area (Å²) in [5, 5.41) is 9.53. The van der Waals surface area contributed by atoms with Crippen LogP contribution in [0.15, 0.2) is 26.5 Å². The molecule has 2 rings (SSSR count). The molecule has 0 spiro atoms. The highest BCUT2D eigenvalue weighted by atomic mass is 79.9. The molecule has 1 aliphatic heterocycles. The number of carbonyl (C=O) groups excluding carboxylic acids is 1.